The summed E-state index contributed by atoms with van der Waals surface area (Å²) in [5.74, 6) is 0. The molecule has 2 nitrogen and oxygen atoms in total. The van der Waals surface area contributed by atoms with Crippen LogP contribution in [0, 0.1) is 0 Å². The SMILES string of the molecule is c1ccc2c(C3CCCCN3)nsc2c1. The summed E-state index contributed by atoms with van der Waals surface area (Å²) in [7, 11) is 0. The van der Waals surface area contributed by atoms with Gasteiger partial charge in [-0.1, -0.05) is 24.6 Å². The van der Waals surface area contributed by atoms with Gasteiger partial charge in [0.05, 0.1) is 16.4 Å². The summed E-state index contributed by atoms with van der Waals surface area (Å²) < 4.78 is 5.90. The van der Waals surface area contributed by atoms with Gasteiger partial charge < -0.3 is 5.32 Å². The lowest BCUT2D eigenvalue weighted by molar-refractivity contribution is 0.409. The molecule has 0 aliphatic carbocycles. The van der Waals surface area contributed by atoms with E-state index in [4.69, 9.17) is 0 Å². The van der Waals surface area contributed by atoms with Crippen molar-refractivity contribution in [2.45, 2.75) is 25.3 Å². The van der Waals surface area contributed by atoms with Gasteiger partial charge in [-0.05, 0) is 37.0 Å². The minimum absolute atomic E-state index is 0.481. The molecule has 15 heavy (non-hydrogen) atoms. The molecule has 0 saturated carbocycles. The van der Waals surface area contributed by atoms with E-state index < -0.39 is 0 Å². The van der Waals surface area contributed by atoms with Gasteiger partial charge >= 0.3 is 0 Å². The van der Waals surface area contributed by atoms with E-state index in [1.165, 1.54) is 35.0 Å². The fourth-order valence-electron chi connectivity index (χ4n) is 2.24. The largest absolute Gasteiger partial charge is 0.309 e. The van der Waals surface area contributed by atoms with Crippen LogP contribution in [0.15, 0.2) is 24.3 Å². The third-order valence-electron chi connectivity index (χ3n) is 3.05. The molecule has 1 atom stereocenters. The summed E-state index contributed by atoms with van der Waals surface area (Å²) >= 11 is 1.62. The van der Waals surface area contributed by atoms with Crippen LogP contribution in [0.5, 0.6) is 0 Å². The first-order chi connectivity index (χ1) is 7.45. The molecule has 78 valence electrons. The number of rotatable bonds is 1. The van der Waals surface area contributed by atoms with Crippen molar-refractivity contribution >= 4 is 21.6 Å². The number of nitrogens with zero attached hydrogens (tertiary/aromatic N) is 1. The molecule has 1 saturated heterocycles. The van der Waals surface area contributed by atoms with E-state index in [2.05, 4.69) is 34.0 Å². The van der Waals surface area contributed by atoms with Crippen LogP contribution in [0.25, 0.3) is 10.1 Å². The summed E-state index contributed by atoms with van der Waals surface area (Å²) in [6.07, 6.45) is 3.86. The van der Waals surface area contributed by atoms with E-state index in [9.17, 15) is 0 Å². The molecule has 1 aliphatic rings. The van der Waals surface area contributed by atoms with E-state index in [1.807, 2.05) is 0 Å². The van der Waals surface area contributed by atoms with Crippen LogP contribution in [0.1, 0.15) is 31.0 Å². The van der Waals surface area contributed by atoms with Gasteiger partial charge in [0.1, 0.15) is 0 Å². The molecule has 1 aromatic carbocycles. The summed E-state index contributed by atoms with van der Waals surface area (Å²) in [6, 6.07) is 9.00. The highest BCUT2D eigenvalue weighted by Crippen LogP contribution is 2.30. The molecule has 0 amide bonds. The maximum atomic E-state index is 4.60. The minimum Gasteiger partial charge on any atom is -0.309 e. The Hall–Kier alpha value is -0.930. The number of nitrogens with one attached hydrogen (secondary N) is 1. The second-order valence-corrected chi connectivity index (χ2v) is 4.87. The molecule has 1 aromatic heterocycles. The molecule has 1 N–H and O–H groups in total. The molecule has 0 spiro atoms. The standard InChI is InChI=1S/C12H14N2S/c1-2-7-11-9(5-1)12(14-15-11)10-6-3-4-8-13-10/h1-2,5,7,10,13H,3-4,6,8H2. The summed E-state index contributed by atoms with van der Waals surface area (Å²) in [5.41, 5.74) is 1.26. The van der Waals surface area contributed by atoms with Gasteiger partial charge in [-0.25, -0.2) is 0 Å². The van der Waals surface area contributed by atoms with E-state index in [0.29, 0.717) is 6.04 Å². The predicted octanol–water partition coefficient (Wildman–Crippen LogP) is 3.11. The Balaban J connectivity index is 2.02. The molecular formula is C12H14N2S. The molecule has 3 rings (SSSR count). The summed E-state index contributed by atoms with van der Waals surface area (Å²) in [5, 5.41) is 4.89. The van der Waals surface area contributed by atoms with Crippen molar-refractivity contribution in [3.8, 4) is 0 Å². The van der Waals surface area contributed by atoms with Crippen LogP contribution in [0.3, 0.4) is 0 Å². The van der Waals surface area contributed by atoms with E-state index in [0.717, 1.165) is 6.54 Å². The molecule has 1 unspecified atom stereocenters. The average Bonchev–Trinajstić information content (AvgIpc) is 2.74. The number of hydrogen-bond donors (Lipinski definition) is 1. The lowest BCUT2D eigenvalue weighted by atomic mass is 10.00. The molecule has 1 aliphatic heterocycles. The van der Waals surface area contributed by atoms with Crippen molar-refractivity contribution in [3.05, 3.63) is 30.0 Å². The number of aromatic nitrogens is 1. The third-order valence-corrected chi connectivity index (χ3v) is 3.89. The number of benzene rings is 1. The zero-order valence-corrected chi connectivity index (χ0v) is 9.39. The van der Waals surface area contributed by atoms with Crippen LogP contribution in [0.4, 0.5) is 0 Å². The molecular weight excluding hydrogens is 204 g/mol. The average molecular weight is 218 g/mol. The van der Waals surface area contributed by atoms with E-state index in [-0.39, 0.29) is 0 Å². The Kier molecular flexibility index (Phi) is 2.43. The van der Waals surface area contributed by atoms with Crippen molar-refractivity contribution in [3.63, 3.8) is 0 Å². The smallest absolute Gasteiger partial charge is 0.0790 e. The van der Waals surface area contributed by atoms with Crippen molar-refractivity contribution in [1.29, 1.82) is 0 Å². The molecule has 2 aromatic rings. The molecule has 1 fully saturated rings. The van der Waals surface area contributed by atoms with Crippen LogP contribution >= 0.6 is 11.5 Å². The lowest BCUT2D eigenvalue weighted by Gasteiger charge is -2.22. The topological polar surface area (TPSA) is 24.9 Å². The van der Waals surface area contributed by atoms with E-state index >= 15 is 0 Å². The van der Waals surface area contributed by atoms with Gasteiger partial charge in [0.2, 0.25) is 0 Å². The van der Waals surface area contributed by atoms with Gasteiger partial charge in [0, 0.05) is 5.39 Å². The van der Waals surface area contributed by atoms with Crippen molar-refractivity contribution < 1.29 is 0 Å². The fourth-order valence-corrected chi connectivity index (χ4v) is 3.07. The number of hydrogen-bond acceptors (Lipinski definition) is 3. The highest BCUT2D eigenvalue weighted by Gasteiger charge is 2.19. The van der Waals surface area contributed by atoms with Crippen molar-refractivity contribution in [2.75, 3.05) is 6.54 Å². The highest BCUT2D eigenvalue weighted by atomic mass is 32.1. The van der Waals surface area contributed by atoms with Gasteiger partial charge in [-0.3, -0.25) is 0 Å². The minimum atomic E-state index is 0.481. The monoisotopic (exact) mass is 218 g/mol. The molecule has 0 radical (unpaired) electrons. The predicted molar refractivity (Wildman–Crippen MR) is 64.2 cm³/mol. The molecule has 2 heterocycles. The fraction of sp³-hybridized carbons (Fsp3) is 0.417. The maximum absolute atomic E-state index is 4.60. The zero-order valence-electron chi connectivity index (χ0n) is 8.57. The van der Waals surface area contributed by atoms with Gasteiger partial charge in [-0.15, -0.1) is 0 Å². The summed E-state index contributed by atoms with van der Waals surface area (Å²) in [6.45, 7) is 1.14. The van der Waals surface area contributed by atoms with Crippen LogP contribution in [-0.2, 0) is 0 Å². The zero-order chi connectivity index (χ0) is 10.1. The van der Waals surface area contributed by atoms with Crippen LogP contribution in [0.2, 0.25) is 0 Å². The third kappa shape index (κ3) is 1.66. The lowest BCUT2D eigenvalue weighted by Crippen LogP contribution is -2.27. The highest BCUT2D eigenvalue weighted by molar-refractivity contribution is 7.13. The quantitative estimate of drug-likeness (QED) is 0.795. The molecule has 3 heteroatoms. The van der Waals surface area contributed by atoms with Crippen LogP contribution < -0.4 is 5.32 Å². The van der Waals surface area contributed by atoms with Crippen LogP contribution in [-0.4, -0.2) is 10.9 Å². The van der Waals surface area contributed by atoms with E-state index in [1.54, 1.807) is 11.5 Å². The Bertz CT molecular complexity index is 457. The van der Waals surface area contributed by atoms with Gasteiger partial charge in [0.15, 0.2) is 0 Å². The number of piperidine rings is 1. The van der Waals surface area contributed by atoms with Crippen molar-refractivity contribution in [1.82, 2.24) is 9.69 Å². The second kappa shape index (κ2) is 3.91. The van der Waals surface area contributed by atoms with Crippen molar-refractivity contribution in [2.24, 2.45) is 0 Å². The Morgan fingerprint density at radius 3 is 3.07 bits per heavy atom. The second-order valence-electron chi connectivity index (χ2n) is 4.07. The first-order valence-electron chi connectivity index (χ1n) is 5.53. The van der Waals surface area contributed by atoms with Gasteiger partial charge in [-0.2, -0.15) is 4.37 Å². The summed E-state index contributed by atoms with van der Waals surface area (Å²) in [4.78, 5) is 0. The maximum Gasteiger partial charge on any atom is 0.0790 e. The first-order valence-corrected chi connectivity index (χ1v) is 6.30. The van der Waals surface area contributed by atoms with Gasteiger partial charge in [0.25, 0.3) is 0 Å². The number of fused-ring (bicyclic) bond motifs is 1. The normalized spacial score (nSPS) is 22.0. The molecule has 0 bridgehead atoms. The Morgan fingerprint density at radius 2 is 2.20 bits per heavy atom. The Labute approximate surface area is 93.5 Å². The Morgan fingerprint density at radius 1 is 1.27 bits per heavy atom. The first kappa shape index (κ1) is 9.31.